The standard InChI is InChI=1S/C14H20O.C13H18O/c1-10-4-6-12(7-5-10)11(2)13-8-14(13,3)9-15;1-10-4-6-13(7-5-10)12(3)8-11(2)9-14/h4-7,11,13,15H,8-9H2,1-3H3;4-8,12,14H,9H2,1-3H3/b;11-8+. The molecule has 0 aromatic heterocycles. The van der Waals surface area contributed by atoms with E-state index in [0.29, 0.717) is 24.4 Å². The van der Waals surface area contributed by atoms with E-state index in [-0.39, 0.29) is 12.0 Å². The van der Waals surface area contributed by atoms with Gasteiger partial charge in [0, 0.05) is 6.61 Å². The van der Waals surface area contributed by atoms with Crippen molar-refractivity contribution in [2.75, 3.05) is 13.2 Å². The largest absolute Gasteiger partial charge is 0.396 e. The monoisotopic (exact) mass is 394 g/mol. The third kappa shape index (κ3) is 6.55. The van der Waals surface area contributed by atoms with Crippen molar-refractivity contribution in [3.8, 4) is 0 Å². The Morgan fingerprint density at radius 2 is 1.45 bits per heavy atom. The van der Waals surface area contributed by atoms with Crippen molar-refractivity contribution >= 4 is 0 Å². The highest BCUT2D eigenvalue weighted by Crippen LogP contribution is 2.58. The summed E-state index contributed by atoms with van der Waals surface area (Å²) < 4.78 is 0. The maximum Gasteiger partial charge on any atom is 0.0639 e. The van der Waals surface area contributed by atoms with Crippen LogP contribution >= 0.6 is 0 Å². The predicted molar refractivity (Wildman–Crippen MR) is 123 cm³/mol. The van der Waals surface area contributed by atoms with Gasteiger partial charge in [-0.1, -0.05) is 92.1 Å². The van der Waals surface area contributed by atoms with Crippen LogP contribution in [0.1, 0.15) is 68.2 Å². The first-order valence-corrected chi connectivity index (χ1v) is 10.7. The molecule has 2 heteroatoms. The second-order valence-corrected chi connectivity index (χ2v) is 9.19. The number of benzene rings is 2. The molecule has 2 aromatic rings. The van der Waals surface area contributed by atoms with Gasteiger partial charge in [0.05, 0.1) is 6.61 Å². The molecule has 4 unspecified atom stereocenters. The highest BCUT2D eigenvalue weighted by atomic mass is 16.3. The molecule has 0 aliphatic heterocycles. The first kappa shape index (κ1) is 23.4. The summed E-state index contributed by atoms with van der Waals surface area (Å²) in [5.74, 6) is 1.61. The smallest absolute Gasteiger partial charge is 0.0639 e. The predicted octanol–water partition coefficient (Wildman–Crippen LogP) is 6.15. The summed E-state index contributed by atoms with van der Waals surface area (Å²) in [6.07, 6.45) is 3.27. The molecule has 1 aliphatic carbocycles. The third-order valence-electron chi connectivity index (χ3n) is 6.38. The molecule has 0 amide bonds. The van der Waals surface area contributed by atoms with Crippen molar-refractivity contribution in [1.82, 2.24) is 0 Å². The fourth-order valence-corrected chi connectivity index (χ4v) is 3.95. The van der Waals surface area contributed by atoms with Crippen LogP contribution in [-0.2, 0) is 0 Å². The van der Waals surface area contributed by atoms with Gasteiger partial charge in [0.25, 0.3) is 0 Å². The van der Waals surface area contributed by atoms with Crippen LogP contribution in [-0.4, -0.2) is 23.4 Å². The van der Waals surface area contributed by atoms with E-state index in [9.17, 15) is 5.11 Å². The van der Waals surface area contributed by atoms with Gasteiger partial charge in [-0.15, -0.1) is 0 Å². The molecule has 0 spiro atoms. The number of hydrogen-bond acceptors (Lipinski definition) is 2. The van der Waals surface area contributed by atoms with Crippen LogP contribution < -0.4 is 0 Å². The van der Waals surface area contributed by atoms with Gasteiger partial charge in [-0.05, 0) is 61.5 Å². The number of aliphatic hydroxyl groups excluding tert-OH is 2. The van der Waals surface area contributed by atoms with Crippen molar-refractivity contribution in [2.24, 2.45) is 11.3 Å². The maximum atomic E-state index is 9.28. The fourth-order valence-electron chi connectivity index (χ4n) is 3.95. The highest BCUT2D eigenvalue weighted by molar-refractivity contribution is 5.28. The van der Waals surface area contributed by atoms with Crippen LogP contribution in [0.2, 0.25) is 0 Å². The SMILES string of the molecule is C/C(=C\C(C)c1ccc(C)cc1)CO.Cc1ccc(C(C)C2CC2(C)CO)cc1. The van der Waals surface area contributed by atoms with Crippen molar-refractivity contribution in [3.05, 3.63) is 82.4 Å². The molecule has 1 saturated carbocycles. The Morgan fingerprint density at radius 1 is 0.966 bits per heavy atom. The summed E-state index contributed by atoms with van der Waals surface area (Å²) in [5.41, 5.74) is 6.50. The van der Waals surface area contributed by atoms with Gasteiger partial charge in [-0.3, -0.25) is 0 Å². The summed E-state index contributed by atoms with van der Waals surface area (Å²) in [7, 11) is 0. The molecule has 1 aliphatic rings. The number of aliphatic hydroxyl groups is 2. The molecule has 2 aromatic carbocycles. The topological polar surface area (TPSA) is 40.5 Å². The van der Waals surface area contributed by atoms with Gasteiger partial charge < -0.3 is 10.2 Å². The maximum absolute atomic E-state index is 9.28. The van der Waals surface area contributed by atoms with Crippen molar-refractivity contribution < 1.29 is 10.2 Å². The van der Waals surface area contributed by atoms with E-state index < -0.39 is 0 Å². The molecular weight excluding hydrogens is 356 g/mol. The van der Waals surface area contributed by atoms with E-state index in [2.05, 4.69) is 89.2 Å². The van der Waals surface area contributed by atoms with Crippen LogP contribution in [0.3, 0.4) is 0 Å². The van der Waals surface area contributed by atoms with Gasteiger partial charge in [0.2, 0.25) is 0 Å². The van der Waals surface area contributed by atoms with E-state index in [1.54, 1.807) is 0 Å². The molecule has 3 rings (SSSR count). The van der Waals surface area contributed by atoms with Crippen LogP contribution in [0, 0.1) is 25.2 Å². The molecule has 0 heterocycles. The quantitative estimate of drug-likeness (QED) is 0.577. The first-order chi connectivity index (χ1) is 13.7. The van der Waals surface area contributed by atoms with E-state index in [1.165, 1.54) is 28.7 Å². The molecular formula is C27H38O2. The van der Waals surface area contributed by atoms with Crippen molar-refractivity contribution in [1.29, 1.82) is 0 Å². The van der Waals surface area contributed by atoms with E-state index in [4.69, 9.17) is 5.11 Å². The highest BCUT2D eigenvalue weighted by Gasteiger charge is 2.52. The Balaban J connectivity index is 0.000000208. The van der Waals surface area contributed by atoms with E-state index >= 15 is 0 Å². The lowest BCUT2D eigenvalue weighted by atomic mass is 9.91. The number of hydrogen-bond donors (Lipinski definition) is 2. The van der Waals surface area contributed by atoms with Gasteiger partial charge in [0.1, 0.15) is 0 Å². The number of rotatable bonds is 6. The minimum absolute atomic E-state index is 0.149. The Kier molecular flexibility index (Phi) is 8.24. The third-order valence-corrected chi connectivity index (χ3v) is 6.38. The van der Waals surface area contributed by atoms with Gasteiger partial charge >= 0.3 is 0 Å². The van der Waals surface area contributed by atoms with Gasteiger partial charge in [-0.25, -0.2) is 0 Å². The van der Waals surface area contributed by atoms with Crippen LogP contribution in [0.25, 0.3) is 0 Å². The second-order valence-electron chi connectivity index (χ2n) is 9.19. The Labute approximate surface area is 177 Å². The number of allylic oxidation sites excluding steroid dienone is 1. The summed E-state index contributed by atoms with van der Waals surface area (Å²) >= 11 is 0. The lowest BCUT2D eigenvalue weighted by Gasteiger charge is -2.15. The first-order valence-electron chi connectivity index (χ1n) is 10.7. The average molecular weight is 395 g/mol. The molecule has 4 atom stereocenters. The number of aryl methyl sites for hydroxylation is 2. The minimum atomic E-state index is 0.149. The Bertz CT molecular complexity index is 788. The zero-order valence-corrected chi connectivity index (χ0v) is 18.9. The second kappa shape index (κ2) is 10.2. The van der Waals surface area contributed by atoms with E-state index in [1.807, 2.05) is 6.92 Å². The van der Waals surface area contributed by atoms with E-state index in [0.717, 1.165) is 5.57 Å². The summed E-state index contributed by atoms with van der Waals surface area (Å²) in [5, 5.41) is 18.2. The van der Waals surface area contributed by atoms with Crippen LogP contribution in [0.4, 0.5) is 0 Å². The molecule has 0 bridgehead atoms. The minimum Gasteiger partial charge on any atom is -0.396 e. The zero-order valence-electron chi connectivity index (χ0n) is 18.9. The molecule has 2 nitrogen and oxygen atoms in total. The zero-order chi connectivity index (χ0) is 21.6. The summed E-state index contributed by atoms with van der Waals surface area (Å²) in [6.45, 7) is 13.2. The summed E-state index contributed by atoms with van der Waals surface area (Å²) in [6, 6.07) is 17.3. The molecule has 0 saturated heterocycles. The Morgan fingerprint density at radius 3 is 1.86 bits per heavy atom. The van der Waals surface area contributed by atoms with Crippen LogP contribution in [0.15, 0.2) is 60.2 Å². The van der Waals surface area contributed by atoms with Gasteiger partial charge in [-0.2, -0.15) is 0 Å². The molecule has 29 heavy (non-hydrogen) atoms. The lowest BCUT2D eigenvalue weighted by molar-refractivity contribution is 0.207. The fraction of sp³-hybridized carbons (Fsp3) is 0.481. The molecule has 0 radical (unpaired) electrons. The summed E-state index contributed by atoms with van der Waals surface area (Å²) in [4.78, 5) is 0. The Hall–Kier alpha value is -1.90. The van der Waals surface area contributed by atoms with Crippen molar-refractivity contribution in [2.45, 2.75) is 59.8 Å². The van der Waals surface area contributed by atoms with Crippen LogP contribution in [0.5, 0.6) is 0 Å². The van der Waals surface area contributed by atoms with Crippen molar-refractivity contribution in [3.63, 3.8) is 0 Å². The average Bonchev–Trinajstić information content (AvgIpc) is 3.41. The normalized spacial score (nSPS) is 23.0. The van der Waals surface area contributed by atoms with Gasteiger partial charge in [0.15, 0.2) is 0 Å². The lowest BCUT2D eigenvalue weighted by Crippen LogP contribution is -2.08. The molecule has 158 valence electrons. The molecule has 1 fully saturated rings. The molecule has 2 N–H and O–H groups in total.